The summed E-state index contributed by atoms with van der Waals surface area (Å²) in [5.41, 5.74) is 6.88. The molecule has 1 aromatic carbocycles. The lowest BCUT2D eigenvalue weighted by Gasteiger charge is -2.10. The van der Waals surface area contributed by atoms with Crippen LogP contribution < -0.4 is 11.1 Å². The molecule has 4 N–H and O–H groups in total. The topological polar surface area (TPSA) is 105 Å². The fourth-order valence-corrected chi connectivity index (χ4v) is 2.42. The monoisotopic (exact) mass is 389 g/mol. The Bertz CT molecular complexity index is 718. The van der Waals surface area contributed by atoms with Crippen LogP contribution in [0.5, 0.6) is 0 Å². The van der Waals surface area contributed by atoms with Crippen molar-refractivity contribution in [3.05, 3.63) is 57.8 Å². The molecule has 2 rings (SSSR count). The molecule has 0 spiro atoms. The van der Waals surface area contributed by atoms with E-state index < -0.39 is 17.9 Å². The highest BCUT2D eigenvalue weighted by atomic mass is 35.5. The Kier molecular flexibility index (Phi) is 7.44. The lowest BCUT2D eigenvalue weighted by atomic mass is 10.1. The van der Waals surface area contributed by atoms with Crippen molar-refractivity contribution in [1.82, 2.24) is 4.98 Å². The van der Waals surface area contributed by atoms with Gasteiger partial charge in [0.25, 0.3) is 5.91 Å². The van der Waals surface area contributed by atoms with Crippen LogP contribution in [0.2, 0.25) is 10.0 Å². The number of amides is 1. The van der Waals surface area contributed by atoms with E-state index in [1.165, 1.54) is 12.4 Å². The number of pyridine rings is 1. The van der Waals surface area contributed by atoms with E-state index in [-0.39, 0.29) is 34.4 Å². The van der Waals surface area contributed by atoms with Gasteiger partial charge in [0.2, 0.25) is 0 Å². The normalized spacial score (nSPS) is 11.3. The fourth-order valence-electron chi connectivity index (χ4n) is 1.89. The largest absolute Gasteiger partial charge is 0.480 e. The predicted octanol–water partition coefficient (Wildman–Crippen LogP) is 3.02. The number of nitrogens with zero attached hydrogens (tertiary/aromatic N) is 1. The number of rotatable bonds is 5. The van der Waals surface area contributed by atoms with E-state index in [1.807, 2.05) is 0 Å². The highest BCUT2D eigenvalue weighted by Gasteiger charge is 2.16. The van der Waals surface area contributed by atoms with E-state index in [2.05, 4.69) is 10.3 Å². The molecule has 0 radical (unpaired) electrons. The van der Waals surface area contributed by atoms with Crippen LogP contribution in [-0.2, 0) is 11.2 Å². The van der Waals surface area contributed by atoms with Crippen LogP contribution in [-0.4, -0.2) is 28.0 Å². The number of aromatic nitrogens is 1. The van der Waals surface area contributed by atoms with Gasteiger partial charge in [-0.3, -0.25) is 14.6 Å². The van der Waals surface area contributed by atoms with Gasteiger partial charge in [0.15, 0.2) is 0 Å². The van der Waals surface area contributed by atoms with Gasteiger partial charge in [-0.15, -0.1) is 12.4 Å². The van der Waals surface area contributed by atoms with Crippen LogP contribution >= 0.6 is 35.6 Å². The van der Waals surface area contributed by atoms with E-state index in [1.54, 1.807) is 24.3 Å². The van der Waals surface area contributed by atoms with Crippen LogP contribution in [0.25, 0.3) is 0 Å². The van der Waals surface area contributed by atoms with Crippen molar-refractivity contribution in [2.75, 3.05) is 5.32 Å². The molecule has 1 atom stereocenters. The number of nitrogens with one attached hydrogen (secondary N) is 1. The van der Waals surface area contributed by atoms with Gasteiger partial charge in [0.1, 0.15) is 6.04 Å². The molecule has 0 saturated carbocycles. The fraction of sp³-hybridized carbons (Fsp3) is 0.133. The Morgan fingerprint density at radius 2 is 1.71 bits per heavy atom. The maximum absolute atomic E-state index is 12.2. The van der Waals surface area contributed by atoms with Crippen molar-refractivity contribution in [3.63, 3.8) is 0 Å². The Hall–Kier alpha value is -1.86. The first kappa shape index (κ1) is 20.2. The van der Waals surface area contributed by atoms with Gasteiger partial charge in [0, 0.05) is 18.1 Å². The van der Waals surface area contributed by atoms with Crippen LogP contribution in [0.4, 0.5) is 5.69 Å². The first-order valence-electron chi connectivity index (χ1n) is 6.56. The van der Waals surface area contributed by atoms with Gasteiger partial charge >= 0.3 is 5.97 Å². The molecule has 0 bridgehead atoms. The first-order valence-corrected chi connectivity index (χ1v) is 7.31. The number of nitrogens with two attached hydrogens (primary N) is 1. The standard InChI is InChI=1S/C15H13Cl2N3O3.ClH/c16-10-6-19-7-11(17)13(10)14(21)20-9-3-1-8(2-4-9)5-12(18)15(22)23;/h1-4,6-7,12H,5,18H2,(H,20,21)(H,22,23);1H/t12-;/m0./s1. The summed E-state index contributed by atoms with van der Waals surface area (Å²) in [5.74, 6) is -1.53. The molecule has 0 saturated heterocycles. The summed E-state index contributed by atoms with van der Waals surface area (Å²) in [5, 5.41) is 11.7. The molecule has 0 fully saturated rings. The molecule has 0 unspecified atom stereocenters. The molecule has 24 heavy (non-hydrogen) atoms. The maximum atomic E-state index is 12.2. The summed E-state index contributed by atoms with van der Waals surface area (Å²) in [7, 11) is 0. The minimum absolute atomic E-state index is 0. The molecule has 0 aliphatic carbocycles. The summed E-state index contributed by atoms with van der Waals surface area (Å²) in [4.78, 5) is 26.7. The average Bonchev–Trinajstić information content (AvgIpc) is 2.49. The summed E-state index contributed by atoms with van der Waals surface area (Å²) >= 11 is 11.9. The number of carbonyl (C=O) groups excluding carboxylic acids is 1. The number of carboxylic acid groups (broad SMARTS) is 1. The van der Waals surface area contributed by atoms with Gasteiger partial charge in [0.05, 0.1) is 15.6 Å². The zero-order chi connectivity index (χ0) is 17.0. The van der Waals surface area contributed by atoms with E-state index in [0.717, 1.165) is 5.56 Å². The molecule has 128 valence electrons. The third-order valence-electron chi connectivity index (χ3n) is 3.07. The molecular weight excluding hydrogens is 377 g/mol. The molecule has 1 heterocycles. The van der Waals surface area contributed by atoms with Gasteiger partial charge in [-0.1, -0.05) is 35.3 Å². The number of halogens is 3. The van der Waals surface area contributed by atoms with Gasteiger partial charge < -0.3 is 16.2 Å². The lowest BCUT2D eigenvalue weighted by Crippen LogP contribution is -2.32. The summed E-state index contributed by atoms with van der Waals surface area (Å²) in [6.07, 6.45) is 2.86. The van der Waals surface area contributed by atoms with Gasteiger partial charge in [-0.2, -0.15) is 0 Å². The second kappa shape index (κ2) is 8.84. The lowest BCUT2D eigenvalue weighted by molar-refractivity contribution is -0.138. The second-order valence-corrected chi connectivity index (χ2v) is 5.59. The number of benzene rings is 1. The Labute approximate surface area is 154 Å². The quantitative estimate of drug-likeness (QED) is 0.728. The maximum Gasteiger partial charge on any atom is 0.320 e. The zero-order valence-electron chi connectivity index (χ0n) is 12.2. The summed E-state index contributed by atoms with van der Waals surface area (Å²) in [6.45, 7) is 0. The van der Waals surface area contributed by atoms with Crippen molar-refractivity contribution >= 4 is 53.2 Å². The van der Waals surface area contributed by atoms with Crippen LogP contribution in [0.1, 0.15) is 15.9 Å². The van der Waals surface area contributed by atoms with E-state index >= 15 is 0 Å². The van der Waals surface area contributed by atoms with Crippen molar-refractivity contribution in [3.8, 4) is 0 Å². The number of aliphatic carboxylic acids is 1. The number of hydrogen-bond donors (Lipinski definition) is 3. The molecule has 0 aliphatic rings. The highest BCUT2D eigenvalue weighted by Crippen LogP contribution is 2.24. The number of anilines is 1. The molecule has 1 amide bonds. The Balaban J connectivity index is 0.00000288. The van der Waals surface area contributed by atoms with Gasteiger partial charge in [-0.05, 0) is 24.1 Å². The Morgan fingerprint density at radius 3 is 2.21 bits per heavy atom. The van der Waals surface area contributed by atoms with E-state index in [4.69, 9.17) is 34.0 Å². The second-order valence-electron chi connectivity index (χ2n) is 4.78. The molecule has 9 heteroatoms. The van der Waals surface area contributed by atoms with E-state index in [9.17, 15) is 9.59 Å². The van der Waals surface area contributed by atoms with Crippen molar-refractivity contribution in [2.45, 2.75) is 12.5 Å². The van der Waals surface area contributed by atoms with Crippen LogP contribution in [0.3, 0.4) is 0 Å². The molecule has 0 aliphatic heterocycles. The van der Waals surface area contributed by atoms with Crippen LogP contribution in [0.15, 0.2) is 36.7 Å². The molecular formula is C15H14Cl3N3O3. The number of carbonyl (C=O) groups is 2. The highest BCUT2D eigenvalue weighted by molar-refractivity contribution is 6.40. The Morgan fingerprint density at radius 1 is 1.17 bits per heavy atom. The average molecular weight is 391 g/mol. The smallest absolute Gasteiger partial charge is 0.320 e. The molecule has 1 aromatic heterocycles. The van der Waals surface area contributed by atoms with Crippen molar-refractivity contribution < 1.29 is 14.7 Å². The molecule has 2 aromatic rings. The summed E-state index contributed by atoms with van der Waals surface area (Å²) < 4.78 is 0. The van der Waals surface area contributed by atoms with Crippen molar-refractivity contribution in [2.24, 2.45) is 5.73 Å². The minimum Gasteiger partial charge on any atom is -0.480 e. The predicted molar refractivity (Wildman–Crippen MR) is 95.2 cm³/mol. The molecule has 6 nitrogen and oxygen atoms in total. The third-order valence-corrected chi connectivity index (χ3v) is 3.64. The summed E-state index contributed by atoms with van der Waals surface area (Å²) in [6, 6.07) is 5.70. The third kappa shape index (κ3) is 5.07. The number of hydrogen-bond acceptors (Lipinski definition) is 4. The number of carboxylic acids is 1. The first-order chi connectivity index (χ1) is 10.9. The zero-order valence-corrected chi connectivity index (χ0v) is 14.5. The van der Waals surface area contributed by atoms with Gasteiger partial charge in [-0.25, -0.2) is 0 Å². The minimum atomic E-state index is -1.07. The SMILES string of the molecule is Cl.N[C@@H](Cc1ccc(NC(=O)c2c(Cl)cncc2Cl)cc1)C(=O)O. The van der Waals surface area contributed by atoms with Crippen LogP contribution in [0, 0.1) is 0 Å². The van der Waals surface area contributed by atoms with E-state index in [0.29, 0.717) is 5.69 Å². The van der Waals surface area contributed by atoms with Crippen molar-refractivity contribution in [1.29, 1.82) is 0 Å².